The van der Waals surface area contributed by atoms with Gasteiger partial charge in [0.2, 0.25) is 0 Å². The molecule has 2 nitrogen and oxygen atoms in total. The van der Waals surface area contributed by atoms with Gasteiger partial charge in [0.05, 0.1) is 5.69 Å². The van der Waals surface area contributed by atoms with Crippen LogP contribution < -0.4 is 10.2 Å². The van der Waals surface area contributed by atoms with Gasteiger partial charge in [-0.05, 0) is 44.0 Å². The van der Waals surface area contributed by atoms with Gasteiger partial charge in [-0.2, -0.15) is 0 Å². The molecule has 1 aromatic carbocycles. The summed E-state index contributed by atoms with van der Waals surface area (Å²) in [4.78, 5) is 2.01. The highest BCUT2D eigenvalue weighted by Crippen LogP contribution is 2.23. The molecule has 0 aliphatic rings. The smallest absolute Gasteiger partial charge is 0.146 e. The monoisotopic (exact) mass is 280 g/mol. The van der Waals surface area contributed by atoms with E-state index in [1.54, 1.807) is 6.07 Å². The van der Waals surface area contributed by atoms with E-state index < -0.39 is 0 Å². The Morgan fingerprint density at radius 3 is 2.55 bits per heavy atom. The Bertz CT molecular complexity index is 393. The number of hydrogen-bond acceptors (Lipinski definition) is 2. The fourth-order valence-corrected chi connectivity index (χ4v) is 2.30. The second-order valence-electron chi connectivity index (χ2n) is 5.52. The molecule has 0 saturated carbocycles. The van der Waals surface area contributed by atoms with Crippen molar-refractivity contribution >= 4 is 5.69 Å². The molecule has 0 heterocycles. The van der Waals surface area contributed by atoms with E-state index >= 15 is 0 Å². The van der Waals surface area contributed by atoms with E-state index in [1.807, 2.05) is 24.1 Å². The van der Waals surface area contributed by atoms with Crippen molar-refractivity contribution in [2.75, 3.05) is 25.0 Å². The summed E-state index contributed by atoms with van der Waals surface area (Å²) >= 11 is 0. The minimum Gasteiger partial charge on any atom is -0.372 e. The number of unbranched alkanes of at least 4 members (excludes halogenated alkanes) is 2. The summed E-state index contributed by atoms with van der Waals surface area (Å²) in [6, 6.07) is 5.80. The van der Waals surface area contributed by atoms with Crippen LogP contribution in [0.15, 0.2) is 18.2 Å². The molecular formula is C17H29FN2. The summed E-state index contributed by atoms with van der Waals surface area (Å²) in [5, 5.41) is 3.39. The molecule has 0 aromatic heterocycles. The van der Waals surface area contributed by atoms with Gasteiger partial charge < -0.3 is 10.2 Å². The third kappa shape index (κ3) is 5.12. The Morgan fingerprint density at radius 2 is 1.95 bits per heavy atom. The predicted molar refractivity (Wildman–Crippen MR) is 85.9 cm³/mol. The van der Waals surface area contributed by atoms with Crippen LogP contribution >= 0.6 is 0 Å². The maximum absolute atomic E-state index is 14.2. The van der Waals surface area contributed by atoms with Gasteiger partial charge in [-0.25, -0.2) is 4.39 Å². The third-order valence-corrected chi connectivity index (χ3v) is 3.68. The van der Waals surface area contributed by atoms with Crippen LogP contribution in [0.2, 0.25) is 0 Å². The van der Waals surface area contributed by atoms with E-state index in [0.717, 1.165) is 31.5 Å². The summed E-state index contributed by atoms with van der Waals surface area (Å²) in [7, 11) is 1.96. The molecule has 114 valence electrons. The molecular weight excluding hydrogens is 251 g/mol. The molecule has 0 spiro atoms. The Balaban J connectivity index is 2.67. The van der Waals surface area contributed by atoms with Gasteiger partial charge in [-0.15, -0.1) is 0 Å². The van der Waals surface area contributed by atoms with Crippen molar-refractivity contribution in [1.82, 2.24) is 5.32 Å². The number of nitrogens with zero attached hydrogens (tertiary/aromatic N) is 1. The SMILES string of the molecule is CCCCCN(C)c1ccc(C(C)NCCC)cc1F. The molecule has 1 aromatic rings. The van der Waals surface area contributed by atoms with Crippen molar-refractivity contribution in [3.63, 3.8) is 0 Å². The Kier molecular flexibility index (Phi) is 7.60. The third-order valence-electron chi connectivity index (χ3n) is 3.68. The quantitative estimate of drug-likeness (QED) is 0.669. The van der Waals surface area contributed by atoms with Gasteiger partial charge in [0.1, 0.15) is 5.82 Å². The number of nitrogens with one attached hydrogen (secondary N) is 1. The first-order valence-electron chi connectivity index (χ1n) is 7.84. The molecule has 0 radical (unpaired) electrons. The minimum atomic E-state index is -0.119. The molecule has 1 atom stereocenters. The molecule has 0 saturated heterocycles. The van der Waals surface area contributed by atoms with Gasteiger partial charge in [-0.3, -0.25) is 0 Å². The normalized spacial score (nSPS) is 12.4. The van der Waals surface area contributed by atoms with Crippen LogP contribution in [0.5, 0.6) is 0 Å². The average Bonchev–Trinajstić information content (AvgIpc) is 2.44. The largest absolute Gasteiger partial charge is 0.372 e. The van der Waals surface area contributed by atoms with E-state index in [2.05, 4.69) is 26.1 Å². The molecule has 1 rings (SSSR count). The maximum atomic E-state index is 14.2. The summed E-state index contributed by atoms with van der Waals surface area (Å²) in [5.41, 5.74) is 1.72. The van der Waals surface area contributed by atoms with Crippen LogP contribution in [0.3, 0.4) is 0 Å². The molecule has 1 unspecified atom stereocenters. The summed E-state index contributed by atoms with van der Waals surface area (Å²) < 4.78 is 14.2. The highest BCUT2D eigenvalue weighted by molar-refractivity contribution is 5.48. The summed E-state index contributed by atoms with van der Waals surface area (Å²) in [5.74, 6) is -0.119. The predicted octanol–water partition coefficient (Wildman–Crippen LogP) is 4.51. The molecule has 3 heteroatoms. The molecule has 1 N–H and O–H groups in total. The lowest BCUT2D eigenvalue weighted by Gasteiger charge is -2.21. The Labute approximate surface area is 123 Å². The number of rotatable bonds is 9. The molecule has 0 amide bonds. The first kappa shape index (κ1) is 17.0. The Hall–Kier alpha value is -1.09. The zero-order chi connectivity index (χ0) is 15.0. The molecule has 0 aliphatic carbocycles. The number of hydrogen-bond donors (Lipinski definition) is 1. The molecule has 0 fully saturated rings. The second-order valence-corrected chi connectivity index (χ2v) is 5.52. The number of halogens is 1. The second kappa shape index (κ2) is 8.96. The van der Waals surface area contributed by atoms with E-state index in [1.165, 1.54) is 12.8 Å². The van der Waals surface area contributed by atoms with Gasteiger partial charge in [0, 0.05) is 19.6 Å². The van der Waals surface area contributed by atoms with Crippen molar-refractivity contribution in [1.29, 1.82) is 0 Å². The van der Waals surface area contributed by atoms with Crippen molar-refractivity contribution in [2.45, 2.75) is 52.5 Å². The maximum Gasteiger partial charge on any atom is 0.146 e. The minimum absolute atomic E-state index is 0.119. The first-order valence-corrected chi connectivity index (χ1v) is 7.84. The van der Waals surface area contributed by atoms with Gasteiger partial charge in [0.15, 0.2) is 0 Å². The number of benzene rings is 1. The summed E-state index contributed by atoms with van der Waals surface area (Å²) in [6.07, 6.45) is 4.59. The van der Waals surface area contributed by atoms with Crippen LogP contribution in [0.1, 0.15) is 58.1 Å². The first-order chi connectivity index (χ1) is 9.60. The highest BCUT2D eigenvalue weighted by atomic mass is 19.1. The van der Waals surface area contributed by atoms with Crippen LogP contribution in [0.25, 0.3) is 0 Å². The van der Waals surface area contributed by atoms with Crippen LogP contribution in [0, 0.1) is 5.82 Å². The van der Waals surface area contributed by atoms with E-state index in [9.17, 15) is 4.39 Å². The molecule has 0 aliphatic heterocycles. The van der Waals surface area contributed by atoms with E-state index in [4.69, 9.17) is 0 Å². The Morgan fingerprint density at radius 1 is 1.20 bits per heavy atom. The van der Waals surface area contributed by atoms with Gasteiger partial charge in [0.25, 0.3) is 0 Å². The highest BCUT2D eigenvalue weighted by Gasteiger charge is 2.11. The van der Waals surface area contributed by atoms with Gasteiger partial charge >= 0.3 is 0 Å². The van der Waals surface area contributed by atoms with Crippen LogP contribution in [-0.2, 0) is 0 Å². The van der Waals surface area contributed by atoms with Crippen molar-refractivity contribution < 1.29 is 4.39 Å². The fraction of sp³-hybridized carbons (Fsp3) is 0.647. The van der Waals surface area contributed by atoms with Crippen LogP contribution in [0.4, 0.5) is 10.1 Å². The lowest BCUT2D eigenvalue weighted by Crippen LogP contribution is -2.21. The van der Waals surface area contributed by atoms with Crippen molar-refractivity contribution in [3.8, 4) is 0 Å². The summed E-state index contributed by atoms with van der Waals surface area (Å²) in [6.45, 7) is 8.26. The van der Waals surface area contributed by atoms with Crippen molar-refractivity contribution in [3.05, 3.63) is 29.6 Å². The van der Waals surface area contributed by atoms with E-state index in [-0.39, 0.29) is 11.9 Å². The fourth-order valence-electron chi connectivity index (χ4n) is 2.30. The van der Waals surface area contributed by atoms with Crippen LogP contribution in [-0.4, -0.2) is 20.1 Å². The zero-order valence-corrected chi connectivity index (χ0v) is 13.4. The molecule has 20 heavy (non-hydrogen) atoms. The van der Waals surface area contributed by atoms with E-state index in [0.29, 0.717) is 5.69 Å². The zero-order valence-electron chi connectivity index (χ0n) is 13.4. The molecule has 0 bridgehead atoms. The van der Waals surface area contributed by atoms with Crippen molar-refractivity contribution in [2.24, 2.45) is 0 Å². The topological polar surface area (TPSA) is 15.3 Å². The lowest BCUT2D eigenvalue weighted by atomic mass is 10.1. The average molecular weight is 280 g/mol. The number of anilines is 1. The lowest BCUT2D eigenvalue weighted by molar-refractivity contribution is 0.561. The standard InChI is InChI=1S/C17H29FN2/c1-5-7-8-12-20(4)17-10-9-15(13-16(17)18)14(3)19-11-6-2/h9-10,13-14,19H,5-8,11-12H2,1-4H3. The van der Waals surface area contributed by atoms with Gasteiger partial charge in [-0.1, -0.05) is 32.8 Å².